The Morgan fingerprint density at radius 1 is 1.38 bits per heavy atom. The van der Waals surface area contributed by atoms with Crippen LogP contribution in [0.3, 0.4) is 0 Å². The Bertz CT molecular complexity index is 326. The van der Waals surface area contributed by atoms with Crippen molar-refractivity contribution in [2.45, 2.75) is 26.3 Å². The van der Waals surface area contributed by atoms with E-state index in [0.29, 0.717) is 5.92 Å². The Labute approximate surface area is 104 Å². The molecule has 0 atom stereocenters. The van der Waals surface area contributed by atoms with Crippen molar-refractivity contribution < 1.29 is 4.74 Å². The zero-order valence-corrected chi connectivity index (χ0v) is 11.2. The highest BCUT2D eigenvalue weighted by Gasteiger charge is 2.06. The summed E-state index contributed by atoms with van der Waals surface area (Å²) in [6, 6.07) is 6.40. The van der Waals surface area contributed by atoms with Crippen LogP contribution in [-0.2, 0) is 6.54 Å². The van der Waals surface area contributed by atoms with Gasteiger partial charge < -0.3 is 10.1 Å². The van der Waals surface area contributed by atoms with Crippen LogP contribution >= 0.6 is 12.6 Å². The Balaban J connectivity index is 2.80. The fraction of sp³-hybridized carbons (Fsp3) is 0.538. The highest BCUT2D eigenvalue weighted by atomic mass is 32.1. The topological polar surface area (TPSA) is 21.3 Å². The van der Waals surface area contributed by atoms with E-state index in [1.54, 1.807) is 7.11 Å². The first-order valence-corrected chi connectivity index (χ1v) is 6.30. The number of benzene rings is 1. The van der Waals surface area contributed by atoms with Crippen molar-refractivity contribution in [2.24, 2.45) is 0 Å². The Morgan fingerprint density at radius 3 is 2.69 bits per heavy atom. The van der Waals surface area contributed by atoms with E-state index in [4.69, 9.17) is 4.74 Å². The number of hydrogen-bond donors (Lipinski definition) is 2. The summed E-state index contributed by atoms with van der Waals surface area (Å²) in [5.74, 6) is 2.36. The van der Waals surface area contributed by atoms with E-state index in [9.17, 15) is 0 Å². The highest BCUT2D eigenvalue weighted by molar-refractivity contribution is 7.80. The smallest absolute Gasteiger partial charge is 0.123 e. The number of methoxy groups -OCH3 is 1. The van der Waals surface area contributed by atoms with Gasteiger partial charge in [-0.2, -0.15) is 12.6 Å². The van der Waals surface area contributed by atoms with E-state index >= 15 is 0 Å². The molecule has 0 saturated carbocycles. The summed E-state index contributed by atoms with van der Waals surface area (Å²) in [6.45, 7) is 6.15. The van der Waals surface area contributed by atoms with Crippen molar-refractivity contribution in [2.75, 3.05) is 19.4 Å². The Morgan fingerprint density at radius 2 is 2.12 bits per heavy atom. The van der Waals surface area contributed by atoms with Crippen molar-refractivity contribution in [1.82, 2.24) is 5.32 Å². The first-order chi connectivity index (χ1) is 7.69. The zero-order valence-electron chi connectivity index (χ0n) is 10.3. The molecule has 0 spiro atoms. The molecule has 1 N–H and O–H groups in total. The van der Waals surface area contributed by atoms with Gasteiger partial charge in [0, 0.05) is 24.4 Å². The number of ether oxygens (including phenoxy) is 1. The summed E-state index contributed by atoms with van der Waals surface area (Å²) in [6.07, 6.45) is 0. The van der Waals surface area contributed by atoms with Gasteiger partial charge in [0.1, 0.15) is 5.75 Å². The van der Waals surface area contributed by atoms with Crippen LogP contribution in [0, 0.1) is 0 Å². The average molecular weight is 239 g/mol. The summed E-state index contributed by atoms with van der Waals surface area (Å²) in [5, 5.41) is 3.34. The minimum absolute atomic E-state index is 0.550. The largest absolute Gasteiger partial charge is 0.496 e. The van der Waals surface area contributed by atoms with Crippen molar-refractivity contribution in [1.29, 1.82) is 0 Å². The molecule has 0 bridgehead atoms. The molecular formula is C13H21NOS. The van der Waals surface area contributed by atoms with Crippen LogP contribution in [0.15, 0.2) is 18.2 Å². The number of rotatable bonds is 6. The van der Waals surface area contributed by atoms with Gasteiger partial charge in [-0.1, -0.05) is 26.0 Å². The zero-order chi connectivity index (χ0) is 12.0. The second-order valence-electron chi connectivity index (χ2n) is 4.13. The molecule has 1 aromatic rings. The maximum atomic E-state index is 5.35. The lowest BCUT2D eigenvalue weighted by Crippen LogP contribution is -2.16. The van der Waals surface area contributed by atoms with Gasteiger partial charge in [0.2, 0.25) is 0 Å². The van der Waals surface area contributed by atoms with Crippen LogP contribution in [0.1, 0.15) is 30.9 Å². The molecule has 0 heterocycles. The van der Waals surface area contributed by atoms with Gasteiger partial charge in [-0.3, -0.25) is 0 Å². The van der Waals surface area contributed by atoms with Gasteiger partial charge in [-0.15, -0.1) is 0 Å². The lowest BCUT2D eigenvalue weighted by atomic mass is 10.0. The minimum atomic E-state index is 0.550. The van der Waals surface area contributed by atoms with Crippen LogP contribution < -0.4 is 10.1 Å². The summed E-state index contributed by atoms with van der Waals surface area (Å²) >= 11 is 4.18. The van der Waals surface area contributed by atoms with Gasteiger partial charge in [-0.05, 0) is 17.5 Å². The van der Waals surface area contributed by atoms with Gasteiger partial charge in [0.25, 0.3) is 0 Å². The molecule has 90 valence electrons. The quantitative estimate of drug-likeness (QED) is 0.588. The van der Waals surface area contributed by atoms with E-state index in [1.807, 2.05) is 6.07 Å². The number of thiol groups is 1. The van der Waals surface area contributed by atoms with Crippen LogP contribution in [0.25, 0.3) is 0 Å². The Kier molecular flexibility index (Phi) is 5.71. The first-order valence-electron chi connectivity index (χ1n) is 5.67. The van der Waals surface area contributed by atoms with Gasteiger partial charge in [0.15, 0.2) is 0 Å². The fourth-order valence-electron chi connectivity index (χ4n) is 1.60. The molecule has 0 aromatic heterocycles. The minimum Gasteiger partial charge on any atom is -0.496 e. The van der Waals surface area contributed by atoms with E-state index < -0.39 is 0 Å². The lowest BCUT2D eigenvalue weighted by molar-refractivity contribution is 0.407. The molecule has 2 nitrogen and oxygen atoms in total. The van der Waals surface area contributed by atoms with Crippen LogP contribution in [0.4, 0.5) is 0 Å². The van der Waals surface area contributed by atoms with E-state index in [-0.39, 0.29) is 0 Å². The molecule has 0 amide bonds. The fourth-order valence-corrected chi connectivity index (χ4v) is 1.76. The molecule has 0 fully saturated rings. The maximum Gasteiger partial charge on any atom is 0.123 e. The van der Waals surface area contributed by atoms with Crippen molar-refractivity contribution >= 4 is 12.6 Å². The SMILES string of the molecule is COc1ccc(C(C)C)cc1CNCCS. The van der Waals surface area contributed by atoms with Crippen molar-refractivity contribution in [3.05, 3.63) is 29.3 Å². The molecule has 1 rings (SSSR count). The Hall–Kier alpha value is -0.670. The number of hydrogen-bond acceptors (Lipinski definition) is 3. The lowest BCUT2D eigenvalue weighted by Gasteiger charge is -2.13. The summed E-state index contributed by atoms with van der Waals surface area (Å²) < 4.78 is 5.35. The first kappa shape index (κ1) is 13.4. The average Bonchev–Trinajstić information content (AvgIpc) is 2.29. The molecular weight excluding hydrogens is 218 g/mol. The molecule has 0 aliphatic heterocycles. The van der Waals surface area contributed by atoms with E-state index in [0.717, 1.165) is 24.6 Å². The van der Waals surface area contributed by atoms with Crippen LogP contribution in [-0.4, -0.2) is 19.4 Å². The predicted molar refractivity (Wildman–Crippen MR) is 72.6 cm³/mol. The molecule has 0 unspecified atom stereocenters. The van der Waals surface area contributed by atoms with Gasteiger partial charge >= 0.3 is 0 Å². The second kappa shape index (κ2) is 6.81. The molecule has 3 heteroatoms. The van der Waals surface area contributed by atoms with Crippen molar-refractivity contribution in [3.8, 4) is 5.75 Å². The maximum absolute atomic E-state index is 5.35. The van der Waals surface area contributed by atoms with Crippen LogP contribution in [0.2, 0.25) is 0 Å². The third kappa shape index (κ3) is 3.72. The van der Waals surface area contributed by atoms with Crippen molar-refractivity contribution in [3.63, 3.8) is 0 Å². The molecule has 0 aliphatic rings. The van der Waals surface area contributed by atoms with E-state index in [1.165, 1.54) is 11.1 Å². The monoisotopic (exact) mass is 239 g/mol. The molecule has 0 radical (unpaired) electrons. The second-order valence-corrected chi connectivity index (χ2v) is 4.57. The summed E-state index contributed by atoms with van der Waals surface area (Å²) in [4.78, 5) is 0. The highest BCUT2D eigenvalue weighted by Crippen LogP contribution is 2.23. The third-order valence-corrected chi connectivity index (χ3v) is 2.80. The van der Waals surface area contributed by atoms with Crippen LogP contribution in [0.5, 0.6) is 5.75 Å². The normalized spacial score (nSPS) is 10.8. The van der Waals surface area contributed by atoms with Gasteiger partial charge in [-0.25, -0.2) is 0 Å². The number of nitrogens with one attached hydrogen (secondary N) is 1. The summed E-state index contributed by atoms with van der Waals surface area (Å²) in [7, 11) is 1.71. The standard InChI is InChI=1S/C13H21NOS/c1-10(2)11-4-5-13(15-3)12(8-11)9-14-6-7-16/h4-5,8,10,14,16H,6-7,9H2,1-3H3. The molecule has 0 aliphatic carbocycles. The predicted octanol–water partition coefficient (Wildman–Crippen LogP) is 2.84. The molecule has 0 saturated heterocycles. The molecule has 16 heavy (non-hydrogen) atoms. The van der Waals surface area contributed by atoms with Gasteiger partial charge in [0.05, 0.1) is 7.11 Å². The third-order valence-electron chi connectivity index (χ3n) is 2.58. The molecule has 1 aromatic carbocycles. The summed E-state index contributed by atoms with van der Waals surface area (Å²) in [5.41, 5.74) is 2.57. The van der Waals surface area contributed by atoms with E-state index in [2.05, 4.69) is 43.9 Å².